The number of carbonyl (C=O) groups excluding carboxylic acids is 1. The maximum absolute atomic E-state index is 12.5. The fraction of sp³-hybridized carbons (Fsp3) is 0.400. The number of rotatable bonds is 5. The molecule has 0 radical (unpaired) electrons. The molecule has 144 valence electrons. The highest BCUT2D eigenvalue weighted by Crippen LogP contribution is 2.30. The van der Waals surface area contributed by atoms with Gasteiger partial charge in [-0.3, -0.25) is 4.79 Å². The van der Waals surface area contributed by atoms with Crippen LogP contribution in [0.1, 0.15) is 36.8 Å². The van der Waals surface area contributed by atoms with Gasteiger partial charge in [0, 0.05) is 18.3 Å². The maximum atomic E-state index is 12.5. The first-order valence-electron chi connectivity index (χ1n) is 8.93. The van der Waals surface area contributed by atoms with Gasteiger partial charge in [-0.05, 0) is 37.3 Å². The number of hydrogen-bond acceptors (Lipinski definition) is 3. The van der Waals surface area contributed by atoms with Crippen molar-refractivity contribution in [3.63, 3.8) is 0 Å². The van der Waals surface area contributed by atoms with Gasteiger partial charge in [-0.1, -0.05) is 30.3 Å². The molecule has 1 aliphatic rings. The average molecular weight is 378 g/mol. The van der Waals surface area contributed by atoms with E-state index in [9.17, 15) is 18.0 Å². The SMILES string of the molecule is O=C(Cc1ccccc1)NC1CCC(Oc2ccc(C(F)(F)F)cn2)CC1. The number of ether oxygens (including phenoxy) is 1. The van der Waals surface area contributed by atoms with Gasteiger partial charge in [0.25, 0.3) is 0 Å². The van der Waals surface area contributed by atoms with Gasteiger partial charge in [0.1, 0.15) is 6.10 Å². The van der Waals surface area contributed by atoms with Crippen LogP contribution in [0.25, 0.3) is 0 Å². The minimum Gasteiger partial charge on any atom is -0.474 e. The van der Waals surface area contributed by atoms with Crippen LogP contribution < -0.4 is 10.1 Å². The van der Waals surface area contributed by atoms with Crippen molar-refractivity contribution in [2.75, 3.05) is 0 Å². The summed E-state index contributed by atoms with van der Waals surface area (Å²) in [7, 11) is 0. The van der Waals surface area contributed by atoms with Crippen LogP contribution in [0.3, 0.4) is 0 Å². The molecule has 2 aromatic rings. The number of nitrogens with zero attached hydrogens (tertiary/aromatic N) is 1. The van der Waals surface area contributed by atoms with Crippen LogP contribution in [-0.4, -0.2) is 23.0 Å². The van der Waals surface area contributed by atoms with Crippen molar-refractivity contribution in [2.24, 2.45) is 0 Å². The molecule has 0 spiro atoms. The van der Waals surface area contributed by atoms with Gasteiger partial charge in [0.05, 0.1) is 12.0 Å². The highest BCUT2D eigenvalue weighted by Gasteiger charge is 2.31. The molecule has 1 aromatic carbocycles. The number of alkyl halides is 3. The highest BCUT2D eigenvalue weighted by atomic mass is 19.4. The molecule has 1 heterocycles. The Morgan fingerprint density at radius 2 is 1.78 bits per heavy atom. The summed E-state index contributed by atoms with van der Waals surface area (Å²) >= 11 is 0. The number of benzene rings is 1. The molecule has 1 aromatic heterocycles. The summed E-state index contributed by atoms with van der Waals surface area (Å²) in [5.41, 5.74) is 0.181. The van der Waals surface area contributed by atoms with E-state index in [-0.39, 0.29) is 23.9 Å². The number of hydrogen-bond donors (Lipinski definition) is 1. The molecule has 1 amide bonds. The van der Waals surface area contributed by atoms with E-state index in [1.807, 2.05) is 30.3 Å². The molecule has 1 fully saturated rings. The zero-order chi connectivity index (χ0) is 19.3. The summed E-state index contributed by atoms with van der Waals surface area (Å²) in [5.74, 6) is 0.189. The van der Waals surface area contributed by atoms with Crippen molar-refractivity contribution in [2.45, 2.75) is 50.4 Å². The topological polar surface area (TPSA) is 51.2 Å². The first-order valence-corrected chi connectivity index (χ1v) is 8.93. The molecular weight excluding hydrogens is 357 g/mol. The first-order chi connectivity index (χ1) is 12.9. The minimum absolute atomic E-state index is 0.00465. The third-order valence-electron chi connectivity index (χ3n) is 4.60. The molecule has 0 atom stereocenters. The van der Waals surface area contributed by atoms with Gasteiger partial charge >= 0.3 is 6.18 Å². The maximum Gasteiger partial charge on any atom is 0.417 e. The lowest BCUT2D eigenvalue weighted by molar-refractivity contribution is -0.137. The zero-order valence-electron chi connectivity index (χ0n) is 14.7. The van der Waals surface area contributed by atoms with Gasteiger partial charge in [0.2, 0.25) is 11.8 Å². The second-order valence-corrected chi connectivity index (χ2v) is 6.70. The summed E-state index contributed by atoms with van der Waals surface area (Å²) < 4.78 is 43.3. The standard InChI is InChI=1S/C20H21F3N2O2/c21-20(22,23)15-6-11-19(24-13-15)27-17-9-7-16(8-10-17)25-18(26)12-14-4-2-1-3-5-14/h1-6,11,13,16-17H,7-10,12H2,(H,25,26). The quantitative estimate of drug-likeness (QED) is 0.850. The number of pyridine rings is 1. The molecule has 4 nitrogen and oxygen atoms in total. The number of carbonyl (C=O) groups is 1. The van der Waals surface area contributed by atoms with Gasteiger partial charge in [-0.2, -0.15) is 13.2 Å². The van der Waals surface area contributed by atoms with Crippen LogP contribution in [-0.2, 0) is 17.4 Å². The van der Waals surface area contributed by atoms with Crippen molar-refractivity contribution >= 4 is 5.91 Å². The van der Waals surface area contributed by atoms with Crippen LogP contribution in [0, 0.1) is 0 Å². The Morgan fingerprint density at radius 1 is 1.07 bits per heavy atom. The molecule has 0 aliphatic heterocycles. The molecule has 1 saturated carbocycles. The van der Waals surface area contributed by atoms with Crippen LogP contribution in [0.5, 0.6) is 5.88 Å². The van der Waals surface area contributed by atoms with Gasteiger partial charge in [-0.15, -0.1) is 0 Å². The van der Waals surface area contributed by atoms with Gasteiger partial charge in [-0.25, -0.2) is 4.98 Å². The molecule has 27 heavy (non-hydrogen) atoms. The van der Waals surface area contributed by atoms with E-state index in [1.165, 1.54) is 6.07 Å². The van der Waals surface area contributed by atoms with Gasteiger partial charge < -0.3 is 10.1 Å². The minimum atomic E-state index is -4.40. The second kappa shape index (κ2) is 8.41. The van der Waals surface area contributed by atoms with Crippen molar-refractivity contribution in [1.82, 2.24) is 10.3 Å². The number of aromatic nitrogens is 1. The highest BCUT2D eigenvalue weighted by molar-refractivity contribution is 5.78. The van der Waals surface area contributed by atoms with Crippen molar-refractivity contribution in [3.05, 3.63) is 59.8 Å². The Labute approximate surface area is 155 Å². The van der Waals surface area contributed by atoms with Gasteiger partial charge in [0.15, 0.2) is 0 Å². The molecule has 1 N–H and O–H groups in total. The summed E-state index contributed by atoms with van der Waals surface area (Å²) in [6.45, 7) is 0. The molecule has 3 rings (SSSR count). The second-order valence-electron chi connectivity index (χ2n) is 6.70. The van der Waals surface area contributed by atoms with E-state index in [2.05, 4.69) is 10.3 Å². The molecule has 1 aliphatic carbocycles. The normalized spacial score (nSPS) is 20.1. The Kier molecular flexibility index (Phi) is 5.98. The Bertz CT molecular complexity index is 740. The number of nitrogens with one attached hydrogen (secondary N) is 1. The predicted octanol–water partition coefficient (Wildman–Crippen LogP) is 4.15. The Morgan fingerprint density at radius 3 is 2.37 bits per heavy atom. The third-order valence-corrected chi connectivity index (χ3v) is 4.60. The van der Waals surface area contributed by atoms with Crippen LogP contribution in [0.2, 0.25) is 0 Å². The number of halogens is 3. The van der Waals surface area contributed by atoms with Crippen LogP contribution >= 0.6 is 0 Å². The average Bonchev–Trinajstić information content (AvgIpc) is 2.64. The zero-order valence-corrected chi connectivity index (χ0v) is 14.7. The van der Waals surface area contributed by atoms with E-state index < -0.39 is 11.7 Å². The summed E-state index contributed by atoms with van der Waals surface area (Å²) in [6.07, 6.45) is -0.383. The van der Waals surface area contributed by atoms with E-state index in [0.29, 0.717) is 6.42 Å². The van der Waals surface area contributed by atoms with Crippen molar-refractivity contribution in [3.8, 4) is 5.88 Å². The molecular formula is C20H21F3N2O2. The molecule has 0 unspecified atom stereocenters. The number of amides is 1. The van der Waals surface area contributed by atoms with Crippen molar-refractivity contribution < 1.29 is 22.7 Å². The van der Waals surface area contributed by atoms with Crippen LogP contribution in [0.4, 0.5) is 13.2 Å². The lowest BCUT2D eigenvalue weighted by Gasteiger charge is -2.29. The Balaban J connectivity index is 1.43. The van der Waals surface area contributed by atoms with E-state index in [4.69, 9.17) is 4.74 Å². The summed E-state index contributed by atoms with van der Waals surface area (Å²) in [5, 5.41) is 3.04. The monoisotopic (exact) mass is 378 g/mol. The predicted molar refractivity (Wildman–Crippen MR) is 94.2 cm³/mol. The summed E-state index contributed by atoms with van der Waals surface area (Å²) in [4.78, 5) is 15.9. The third kappa shape index (κ3) is 5.70. The van der Waals surface area contributed by atoms with E-state index in [0.717, 1.165) is 43.5 Å². The van der Waals surface area contributed by atoms with Crippen LogP contribution in [0.15, 0.2) is 48.7 Å². The lowest BCUT2D eigenvalue weighted by Crippen LogP contribution is -2.40. The molecule has 0 bridgehead atoms. The summed E-state index contributed by atoms with van der Waals surface area (Å²) in [6, 6.07) is 11.9. The largest absolute Gasteiger partial charge is 0.474 e. The molecule has 7 heteroatoms. The smallest absolute Gasteiger partial charge is 0.417 e. The first kappa shape index (κ1) is 19.2. The molecule has 0 saturated heterocycles. The van der Waals surface area contributed by atoms with Crippen molar-refractivity contribution in [1.29, 1.82) is 0 Å². The fourth-order valence-corrected chi connectivity index (χ4v) is 3.17. The lowest BCUT2D eigenvalue weighted by atomic mass is 9.92. The van der Waals surface area contributed by atoms with E-state index >= 15 is 0 Å². The Hall–Kier alpha value is -2.57. The van der Waals surface area contributed by atoms with E-state index in [1.54, 1.807) is 0 Å². The fourth-order valence-electron chi connectivity index (χ4n) is 3.17.